The molecule has 0 aliphatic heterocycles. The largest absolute Gasteiger partial charge is 0.457 e. The Bertz CT molecular complexity index is 719. The number of carbonyl (C=O) groups excluding carboxylic acids is 1. The van der Waals surface area contributed by atoms with E-state index < -0.39 is 41.4 Å². The lowest BCUT2D eigenvalue weighted by Crippen LogP contribution is -2.08. The predicted octanol–water partition coefficient (Wildman–Crippen LogP) is 4.32. The molecule has 0 saturated carbocycles. The van der Waals surface area contributed by atoms with Crippen molar-refractivity contribution in [3.8, 4) is 0 Å². The van der Waals surface area contributed by atoms with Crippen molar-refractivity contribution in [1.82, 2.24) is 0 Å². The lowest BCUT2D eigenvalue weighted by atomic mass is 10.2. The quantitative estimate of drug-likeness (QED) is 0.275. The molecule has 0 N–H and O–H groups in total. The van der Waals surface area contributed by atoms with Crippen LogP contribution >= 0.6 is 11.8 Å². The molecule has 2 nitrogen and oxygen atoms in total. The Balaban J connectivity index is 2.14. The zero-order valence-electron chi connectivity index (χ0n) is 11.3. The van der Waals surface area contributed by atoms with E-state index in [0.717, 1.165) is 4.90 Å². The van der Waals surface area contributed by atoms with Crippen LogP contribution in [0.25, 0.3) is 0 Å². The topological polar surface area (TPSA) is 26.3 Å². The number of carbonyl (C=O) groups is 1. The number of halogens is 4. The van der Waals surface area contributed by atoms with Crippen LogP contribution in [0.15, 0.2) is 35.2 Å². The summed E-state index contributed by atoms with van der Waals surface area (Å²) >= 11 is 1.41. The Kier molecular flexibility index (Phi) is 5.07. The van der Waals surface area contributed by atoms with Crippen LogP contribution < -0.4 is 0 Å². The van der Waals surface area contributed by atoms with E-state index in [1.165, 1.54) is 17.8 Å². The summed E-state index contributed by atoms with van der Waals surface area (Å²) < 4.78 is 57.2. The molecule has 2 rings (SSSR count). The lowest BCUT2D eigenvalue weighted by Gasteiger charge is -2.08. The highest BCUT2D eigenvalue weighted by atomic mass is 32.2. The molecule has 7 heteroatoms. The van der Waals surface area contributed by atoms with Crippen molar-refractivity contribution in [3.63, 3.8) is 0 Å². The van der Waals surface area contributed by atoms with Gasteiger partial charge in [0.1, 0.15) is 6.61 Å². The summed E-state index contributed by atoms with van der Waals surface area (Å²) in [6, 6.07) is 6.94. The molecule has 0 aliphatic rings. The molecule has 0 saturated heterocycles. The van der Waals surface area contributed by atoms with E-state index >= 15 is 0 Å². The van der Waals surface area contributed by atoms with Crippen LogP contribution in [0.3, 0.4) is 0 Å². The van der Waals surface area contributed by atoms with Crippen molar-refractivity contribution in [3.05, 3.63) is 64.7 Å². The molecule has 22 heavy (non-hydrogen) atoms. The number of rotatable bonds is 4. The average Bonchev–Trinajstić information content (AvgIpc) is 2.54. The zero-order valence-corrected chi connectivity index (χ0v) is 12.1. The van der Waals surface area contributed by atoms with E-state index in [0.29, 0.717) is 6.07 Å². The van der Waals surface area contributed by atoms with Crippen molar-refractivity contribution < 1.29 is 27.1 Å². The summed E-state index contributed by atoms with van der Waals surface area (Å²) in [7, 11) is 0. The third-order valence-electron chi connectivity index (χ3n) is 2.84. The highest BCUT2D eigenvalue weighted by molar-refractivity contribution is 7.98. The normalized spacial score (nSPS) is 10.6. The highest BCUT2D eigenvalue weighted by Gasteiger charge is 2.20. The van der Waals surface area contributed by atoms with Gasteiger partial charge in [0.15, 0.2) is 23.3 Å². The van der Waals surface area contributed by atoms with Gasteiger partial charge in [-0.2, -0.15) is 0 Å². The van der Waals surface area contributed by atoms with Crippen LogP contribution in [0.2, 0.25) is 0 Å². The van der Waals surface area contributed by atoms with E-state index in [-0.39, 0.29) is 5.56 Å². The Labute approximate surface area is 128 Å². The second kappa shape index (κ2) is 6.83. The standard InChI is InChI=1S/C15H10F4O2S/c1-22-10-4-2-3-8(5-10)15(20)21-7-9-6-11(16)13(18)14(19)12(9)17/h2-6H,7H2,1H3. The molecule has 0 bridgehead atoms. The summed E-state index contributed by atoms with van der Waals surface area (Å²) in [6.45, 7) is -0.706. The second-order valence-electron chi connectivity index (χ2n) is 4.27. The minimum absolute atomic E-state index is 0.218. The van der Waals surface area contributed by atoms with Gasteiger partial charge < -0.3 is 4.74 Å². The van der Waals surface area contributed by atoms with Crippen molar-refractivity contribution in [2.45, 2.75) is 11.5 Å². The molecule has 0 radical (unpaired) electrons. The highest BCUT2D eigenvalue weighted by Crippen LogP contribution is 2.20. The van der Waals surface area contributed by atoms with Gasteiger partial charge in [0.05, 0.1) is 5.56 Å². The summed E-state index contributed by atoms with van der Waals surface area (Å²) in [4.78, 5) is 12.6. The lowest BCUT2D eigenvalue weighted by molar-refractivity contribution is 0.0467. The van der Waals surface area contributed by atoms with Crippen LogP contribution in [0.4, 0.5) is 17.6 Å². The minimum Gasteiger partial charge on any atom is -0.457 e. The molecule has 116 valence electrons. The predicted molar refractivity (Wildman–Crippen MR) is 73.6 cm³/mol. The number of hydrogen-bond acceptors (Lipinski definition) is 3. The molecule has 0 amide bonds. The molecule has 0 fully saturated rings. The third-order valence-corrected chi connectivity index (χ3v) is 3.57. The van der Waals surface area contributed by atoms with E-state index in [9.17, 15) is 22.4 Å². The van der Waals surface area contributed by atoms with Gasteiger partial charge in [-0.1, -0.05) is 6.07 Å². The molecule has 0 aromatic heterocycles. The van der Waals surface area contributed by atoms with Gasteiger partial charge in [0, 0.05) is 10.5 Å². The fourth-order valence-corrected chi connectivity index (χ4v) is 2.16. The summed E-state index contributed by atoms with van der Waals surface area (Å²) in [5.41, 5.74) is -0.360. The van der Waals surface area contributed by atoms with Gasteiger partial charge in [0.25, 0.3) is 0 Å². The van der Waals surface area contributed by atoms with Gasteiger partial charge >= 0.3 is 5.97 Å². The number of ether oxygens (including phenoxy) is 1. The van der Waals surface area contributed by atoms with Gasteiger partial charge in [0.2, 0.25) is 0 Å². The van der Waals surface area contributed by atoms with Crippen molar-refractivity contribution in [1.29, 1.82) is 0 Å². The summed E-state index contributed by atoms with van der Waals surface area (Å²) in [6.07, 6.45) is 1.82. The van der Waals surface area contributed by atoms with Crippen LogP contribution in [0.1, 0.15) is 15.9 Å². The first-order valence-corrected chi connectivity index (χ1v) is 7.29. The van der Waals surface area contributed by atoms with Gasteiger partial charge in [-0.05, 0) is 30.5 Å². The van der Waals surface area contributed by atoms with E-state index in [2.05, 4.69) is 0 Å². The smallest absolute Gasteiger partial charge is 0.338 e. The average molecular weight is 330 g/mol. The van der Waals surface area contributed by atoms with Crippen LogP contribution in [0, 0.1) is 23.3 Å². The molecule has 2 aromatic rings. The zero-order chi connectivity index (χ0) is 16.3. The fourth-order valence-electron chi connectivity index (χ4n) is 1.70. The first-order chi connectivity index (χ1) is 10.4. The number of hydrogen-bond donors (Lipinski definition) is 0. The van der Waals surface area contributed by atoms with E-state index in [1.54, 1.807) is 18.2 Å². The molecule has 0 atom stereocenters. The Morgan fingerprint density at radius 3 is 2.50 bits per heavy atom. The van der Waals surface area contributed by atoms with Gasteiger partial charge in [-0.25, -0.2) is 22.4 Å². The number of benzene rings is 2. The van der Waals surface area contributed by atoms with E-state index in [1.807, 2.05) is 6.26 Å². The number of esters is 1. The monoisotopic (exact) mass is 330 g/mol. The molecule has 0 spiro atoms. The Morgan fingerprint density at radius 1 is 1.09 bits per heavy atom. The second-order valence-corrected chi connectivity index (χ2v) is 5.15. The maximum atomic E-state index is 13.4. The van der Waals surface area contributed by atoms with Crippen LogP contribution in [0.5, 0.6) is 0 Å². The maximum absolute atomic E-state index is 13.4. The fraction of sp³-hybridized carbons (Fsp3) is 0.133. The maximum Gasteiger partial charge on any atom is 0.338 e. The minimum atomic E-state index is -1.93. The van der Waals surface area contributed by atoms with Crippen LogP contribution in [-0.4, -0.2) is 12.2 Å². The van der Waals surface area contributed by atoms with Crippen molar-refractivity contribution in [2.24, 2.45) is 0 Å². The molecular weight excluding hydrogens is 320 g/mol. The first-order valence-electron chi connectivity index (χ1n) is 6.07. The summed E-state index contributed by atoms with van der Waals surface area (Å²) in [5.74, 6) is -7.74. The van der Waals surface area contributed by atoms with Crippen molar-refractivity contribution in [2.75, 3.05) is 6.26 Å². The third kappa shape index (κ3) is 3.41. The molecule has 0 aliphatic carbocycles. The Hall–Kier alpha value is -2.02. The molecule has 0 unspecified atom stereocenters. The molecule has 0 heterocycles. The van der Waals surface area contributed by atoms with Gasteiger partial charge in [-0.3, -0.25) is 0 Å². The van der Waals surface area contributed by atoms with E-state index in [4.69, 9.17) is 4.74 Å². The van der Waals surface area contributed by atoms with Crippen molar-refractivity contribution >= 4 is 17.7 Å². The SMILES string of the molecule is CSc1cccc(C(=O)OCc2cc(F)c(F)c(F)c2F)c1. The number of thioether (sulfide) groups is 1. The summed E-state index contributed by atoms with van der Waals surface area (Å²) in [5, 5.41) is 0. The van der Waals surface area contributed by atoms with Gasteiger partial charge in [-0.15, -0.1) is 11.8 Å². The van der Waals surface area contributed by atoms with Crippen LogP contribution in [-0.2, 0) is 11.3 Å². The molecular formula is C15H10F4O2S. The Morgan fingerprint density at radius 2 is 1.82 bits per heavy atom. The molecule has 2 aromatic carbocycles. The first kappa shape index (κ1) is 16.4.